The number of carbonyl (C=O) groups is 9. The number of ether oxygens (including phenoxy) is 3. The molecule has 6 N–H and O–H groups in total. The average Bonchev–Trinajstić information content (AvgIpc) is 1.13. The van der Waals surface area contributed by atoms with Gasteiger partial charge in [0.2, 0.25) is 0 Å². The van der Waals surface area contributed by atoms with E-state index in [1.165, 1.54) is 28.1 Å². The number of hydrogen-bond acceptors (Lipinski definition) is 16. The van der Waals surface area contributed by atoms with Crippen LogP contribution in [0.4, 0.5) is 5.69 Å². The molecular formula is C108H82ClNO19. The first-order chi connectivity index (χ1) is 61.7. The molecule has 0 atom stereocenters. The van der Waals surface area contributed by atoms with Crippen molar-refractivity contribution in [2.75, 3.05) is 20.0 Å². The van der Waals surface area contributed by atoms with Gasteiger partial charge in [0.05, 0.1) is 58.4 Å². The molecule has 0 fully saturated rings. The van der Waals surface area contributed by atoms with E-state index in [0.29, 0.717) is 66.5 Å². The first-order valence-electron chi connectivity index (χ1n) is 40.0. The van der Waals surface area contributed by atoms with Gasteiger partial charge in [-0.05, 0) is 262 Å². The van der Waals surface area contributed by atoms with Gasteiger partial charge in [0.25, 0.3) is 5.24 Å². The topological polar surface area (TPSA) is 336 Å². The van der Waals surface area contributed by atoms with Crippen LogP contribution in [0.25, 0.3) is 152 Å². The van der Waals surface area contributed by atoms with E-state index in [-0.39, 0.29) is 29.7 Å². The minimum absolute atomic E-state index is 0. The zero-order valence-corrected chi connectivity index (χ0v) is 70.3. The van der Waals surface area contributed by atoms with Crippen molar-refractivity contribution in [3.63, 3.8) is 0 Å². The lowest BCUT2D eigenvalue weighted by atomic mass is 9.90. The Hall–Kier alpha value is -16.8. The Bertz CT molecular complexity index is 7440. The number of rotatable bonds is 10. The van der Waals surface area contributed by atoms with Gasteiger partial charge in [-0.2, -0.15) is 0 Å². The van der Waals surface area contributed by atoms with Crippen molar-refractivity contribution >= 4 is 189 Å². The summed E-state index contributed by atoms with van der Waals surface area (Å²) in [6, 6.07) is 100. The number of esters is 4. The molecule has 0 aliphatic rings. The third-order valence-corrected chi connectivity index (χ3v) is 21.2. The molecule has 129 heavy (non-hydrogen) atoms. The molecule has 0 spiro atoms. The molecule has 0 saturated heterocycles. The second-order valence-electron chi connectivity index (χ2n) is 29.0. The summed E-state index contributed by atoms with van der Waals surface area (Å²) in [6.07, 6.45) is 0. The van der Waals surface area contributed by atoms with Gasteiger partial charge in [0.1, 0.15) is 0 Å². The van der Waals surface area contributed by atoms with E-state index in [2.05, 4.69) is 4.74 Å². The molecule has 19 rings (SSSR count). The fourth-order valence-corrected chi connectivity index (χ4v) is 15.3. The van der Waals surface area contributed by atoms with Crippen LogP contribution in [0.5, 0.6) is 0 Å². The van der Waals surface area contributed by atoms with Crippen LogP contribution in [0, 0.1) is 0 Å². The normalized spacial score (nSPS) is 10.6. The summed E-state index contributed by atoms with van der Waals surface area (Å²) in [7, 11) is 2.66. The highest BCUT2D eigenvalue weighted by molar-refractivity contribution is 6.68. The van der Waals surface area contributed by atoms with Crippen LogP contribution in [0.1, 0.15) is 108 Å². The molecule has 0 saturated carbocycles. The number of carboxylic acids is 4. The van der Waals surface area contributed by atoms with Crippen molar-refractivity contribution in [1.82, 2.24) is 0 Å². The second kappa shape index (κ2) is 40.7. The number of aromatic carboxylic acids is 4. The molecule has 0 aliphatic carbocycles. The van der Waals surface area contributed by atoms with Crippen molar-refractivity contribution in [1.29, 1.82) is 0 Å². The van der Waals surface area contributed by atoms with E-state index in [1.54, 1.807) is 72.8 Å². The smallest absolute Gasteiger partial charge is 0.346 e. The van der Waals surface area contributed by atoms with Crippen LogP contribution in [0.15, 0.2) is 342 Å². The van der Waals surface area contributed by atoms with E-state index in [4.69, 9.17) is 36.3 Å². The molecule has 1 heterocycles. The summed E-state index contributed by atoms with van der Waals surface area (Å²) in [5.74, 6) is -6.30. The molecule has 18 aromatic carbocycles. The largest absolute Gasteiger partial charge is 0.478 e. The van der Waals surface area contributed by atoms with Gasteiger partial charge < -0.3 is 44.8 Å². The van der Waals surface area contributed by atoms with Crippen LogP contribution in [-0.4, -0.2) is 87.6 Å². The van der Waals surface area contributed by atoms with Gasteiger partial charge in [-0.1, -0.05) is 240 Å². The van der Waals surface area contributed by atoms with Gasteiger partial charge >= 0.3 is 59.0 Å². The van der Waals surface area contributed by atoms with Gasteiger partial charge in [-0.15, -0.1) is 0 Å². The quantitative estimate of drug-likeness (QED) is 0.0279. The van der Waals surface area contributed by atoms with Crippen LogP contribution >= 0.6 is 11.6 Å². The summed E-state index contributed by atoms with van der Waals surface area (Å²) in [5, 5.41) is 56.1. The highest BCUT2D eigenvalue weighted by Gasteiger charge is 2.25. The van der Waals surface area contributed by atoms with Crippen LogP contribution in [0.3, 0.4) is 0 Å². The van der Waals surface area contributed by atoms with Crippen molar-refractivity contribution in [3.05, 3.63) is 387 Å². The fourth-order valence-electron chi connectivity index (χ4n) is 15.1. The number of benzene rings is 18. The van der Waals surface area contributed by atoms with E-state index in [0.717, 1.165) is 108 Å². The fraction of sp³-hybridized carbons (Fsp3) is 0.0648. The standard InChI is InChI=1S/C23H15ClO3.C23H16O4.C22H14O4.C22H12O3.C11H9NO2.C4H6O3.C2H6.CH4/c2*1-27-23(26)21-13-17-9-5-3-7-15(17)11-19(21)18-10-14-6-2-4-8-16(14)12-20(18)22(24)25;23-21(24)19-11-15-7-3-1-5-13(15)9-17(19)18-10-14-6-2-4-8-16(14)12-20(18)22(25)26;23-21-19-11-15-7-3-1-5-13(15)9-17(19)18-10-14-6-2-4-8-16(14)12-20(18)22(24)25-21;12-10-6-8-4-2-1-3-7(8)5-9(10)11(13)14;1-3(5)7-4(2)6;1-2;/h2-13H,1H3;2-13H,1H3,(H,24,25);1-12H,(H,23,24)(H,25,26);1-12H;1-6H,12H2,(H,13,14);1-2H3;1-2H3;1H4. The summed E-state index contributed by atoms with van der Waals surface area (Å²) in [4.78, 5) is 128. The Morgan fingerprint density at radius 2 is 0.450 bits per heavy atom. The predicted octanol–water partition coefficient (Wildman–Crippen LogP) is 24.5. The molecular weight excluding hydrogens is 1650 g/mol. The second-order valence-corrected chi connectivity index (χ2v) is 29.3. The highest BCUT2D eigenvalue weighted by Crippen LogP contribution is 2.40. The number of methoxy groups -OCH3 is 2. The number of nitrogen functional groups attached to an aromatic ring is 1. The van der Waals surface area contributed by atoms with Gasteiger partial charge in [-0.25, -0.2) is 38.4 Å². The minimum atomic E-state index is -1.09. The van der Waals surface area contributed by atoms with Crippen LogP contribution in [-0.2, 0) is 23.8 Å². The molecule has 20 nitrogen and oxygen atoms in total. The summed E-state index contributed by atoms with van der Waals surface area (Å²) in [6.45, 7) is 6.36. The van der Waals surface area contributed by atoms with Crippen molar-refractivity contribution in [3.8, 4) is 33.4 Å². The van der Waals surface area contributed by atoms with E-state index in [9.17, 15) is 68.1 Å². The molecule has 0 amide bonds. The Labute approximate surface area is 742 Å². The summed E-state index contributed by atoms with van der Waals surface area (Å²) < 4.78 is 19.0. The SMILES string of the molecule is C.CC.CC(=O)OC(C)=O.COC(=O)c1cc2ccccc2cc1-c1cc2ccccc2cc1C(=O)Cl.COC(=O)c1cc2ccccc2cc1-c1cc2ccccc2cc1C(=O)O.Nc1cc2ccccc2cc1C(=O)O.O=C(O)c1cc2ccccc2cc1-c1cc2ccccc2cc1C(=O)O.O=c1oc(=O)c2cc3ccccc3cc2c2cc3ccccc3cc12. The number of hydrogen-bond donors (Lipinski definition) is 5. The molecule has 640 valence electrons. The molecule has 0 radical (unpaired) electrons. The van der Waals surface area contributed by atoms with Crippen molar-refractivity contribution in [2.24, 2.45) is 0 Å². The molecule has 0 aliphatic heterocycles. The minimum Gasteiger partial charge on any atom is -0.478 e. The van der Waals surface area contributed by atoms with Gasteiger partial charge in [0.15, 0.2) is 0 Å². The zero-order valence-electron chi connectivity index (χ0n) is 69.5. The van der Waals surface area contributed by atoms with Gasteiger partial charge in [-0.3, -0.25) is 14.4 Å². The van der Waals surface area contributed by atoms with E-state index < -0.39 is 64.2 Å². The Balaban J connectivity index is 0.000000144. The van der Waals surface area contributed by atoms with Crippen LogP contribution < -0.4 is 17.0 Å². The summed E-state index contributed by atoms with van der Waals surface area (Å²) >= 11 is 5.89. The number of anilines is 1. The predicted molar refractivity (Wildman–Crippen MR) is 512 cm³/mol. The Kier molecular flexibility index (Phi) is 28.8. The van der Waals surface area contributed by atoms with Gasteiger partial charge in [0, 0.05) is 25.1 Å². The van der Waals surface area contributed by atoms with Crippen molar-refractivity contribution < 1.29 is 82.2 Å². The first-order valence-corrected chi connectivity index (χ1v) is 40.4. The van der Waals surface area contributed by atoms with Crippen molar-refractivity contribution in [2.45, 2.75) is 35.1 Å². The van der Waals surface area contributed by atoms with E-state index in [1.807, 2.05) is 269 Å². The molecule has 1 aromatic heterocycles. The molecule has 21 heteroatoms. The van der Waals surface area contributed by atoms with Crippen LogP contribution in [0.2, 0.25) is 0 Å². The third-order valence-electron chi connectivity index (χ3n) is 21.0. The molecule has 0 bridgehead atoms. The number of halogens is 1. The number of fused-ring (bicyclic) bond motifs is 12. The third kappa shape index (κ3) is 20.5. The number of carbonyl (C=O) groups excluding carboxylic acids is 5. The van der Waals surface area contributed by atoms with E-state index >= 15 is 0 Å². The monoisotopic (exact) mass is 1730 g/mol. The Morgan fingerprint density at radius 3 is 0.659 bits per heavy atom. The maximum absolute atomic E-state index is 12.5. The lowest BCUT2D eigenvalue weighted by Crippen LogP contribution is -2.06. The summed E-state index contributed by atoms with van der Waals surface area (Å²) in [5.41, 5.74) is 9.34. The highest BCUT2D eigenvalue weighted by atomic mass is 35.5. The Morgan fingerprint density at radius 1 is 0.271 bits per heavy atom. The maximum Gasteiger partial charge on any atom is 0.346 e. The maximum atomic E-state index is 12.5. The molecule has 19 aromatic rings. The first kappa shape index (κ1) is 91.4. The molecule has 0 unspecified atom stereocenters. The number of nitrogens with two attached hydrogens (primary N) is 1. The lowest BCUT2D eigenvalue weighted by Gasteiger charge is -2.14. The number of carboxylic acid groups (broad SMARTS) is 4. The average molecular weight is 1730 g/mol. The zero-order chi connectivity index (χ0) is 91.1. The lowest BCUT2D eigenvalue weighted by molar-refractivity contribution is -0.156.